The van der Waals surface area contributed by atoms with Crippen molar-refractivity contribution in [1.29, 1.82) is 0 Å². The minimum Gasteiger partial charge on any atom is -0.378 e. The topological polar surface area (TPSA) is 15.9 Å². The van der Waals surface area contributed by atoms with Gasteiger partial charge in [-0.05, 0) is 24.6 Å². The number of anilines is 1. The van der Waals surface area contributed by atoms with E-state index in [1.54, 1.807) is 0 Å². The van der Waals surface area contributed by atoms with Crippen LogP contribution in [0.5, 0.6) is 0 Å². The number of aromatic nitrogens is 1. The Morgan fingerprint density at radius 2 is 1.82 bits per heavy atom. The third-order valence-corrected chi connectivity index (χ3v) is 2.95. The fraction of sp³-hybridized carbons (Fsp3) is 0.214. The van der Waals surface area contributed by atoms with Gasteiger partial charge in [0, 0.05) is 12.1 Å². The van der Waals surface area contributed by atoms with Crippen molar-refractivity contribution in [3.8, 4) is 0 Å². The van der Waals surface area contributed by atoms with Gasteiger partial charge in [0.1, 0.15) is 0 Å². The lowest BCUT2D eigenvalue weighted by Crippen LogP contribution is -2.36. The minimum atomic E-state index is 0.765. The number of para-hydroxylation sites is 1. The Morgan fingerprint density at radius 1 is 1.12 bits per heavy atom. The summed E-state index contributed by atoms with van der Waals surface area (Å²) >= 11 is 6.06. The maximum atomic E-state index is 6.06. The van der Waals surface area contributed by atoms with E-state index in [-0.39, 0.29) is 0 Å². The lowest BCUT2D eigenvalue weighted by Gasteiger charge is -2.05. The van der Waals surface area contributed by atoms with Gasteiger partial charge in [-0.15, -0.1) is 0 Å². The molecule has 0 aliphatic carbocycles. The zero-order chi connectivity index (χ0) is 12.1. The van der Waals surface area contributed by atoms with Crippen LogP contribution in [0.25, 0.3) is 0 Å². The molecule has 0 saturated heterocycles. The quantitative estimate of drug-likeness (QED) is 0.822. The van der Waals surface area contributed by atoms with Crippen molar-refractivity contribution >= 4 is 17.3 Å². The normalized spacial score (nSPS) is 10.2. The highest BCUT2D eigenvalue weighted by Crippen LogP contribution is 2.19. The summed E-state index contributed by atoms with van der Waals surface area (Å²) in [5, 5.41) is 4.09. The Labute approximate surface area is 107 Å². The van der Waals surface area contributed by atoms with Gasteiger partial charge in [0.2, 0.25) is 0 Å². The van der Waals surface area contributed by atoms with Crippen LogP contribution < -0.4 is 9.88 Å². The molecule has 2 rings (SSSR count). The molecule has 0 unspecified atom stereocenters. The second-order valence-corrected chi connectivity index (χ2v) is 4.43. The summed E-state index contributed by atoms with van der Waals surface area (Å²) in [4.78, 5) is 0. The first-order valence-electron chi connectivity index (χ1n) is 5.70. The largest absolute Gasteiger partial charge is 0.378 e. The summed E-state index contributed by atoms with van der Waals surface area (Å²) < 4.78 is 2.15. The van der Waals surface area contributed by atoms with Crippen LogP contribution in [-0.2, 0) is 6.54 Å². The summed E-state index contributed by atoms with van der Waals surface area (Å²) in [5.74, 6) is 0. The maximum Gasteiger partial charge on any atom is 0.169 e. The monoisotopic (exact) mass is 247 g/mol. The Kier molecular flexibility index (Phi) is 3.99. The van der Waals surface area contributed by atoms with Crippen molar-refractivity contribution in [2.75, 3.05) is 11.9 Å². The summed E-state index contributed by atoms with van der Waals surface area (Å²) in [6.07, 6.45) is 4.17. The predicted octanol–water partition coefficient (Wildman–Crippen LogP) is 3.05. The predicted molar refractivity (Wildman–Crippen MR) is 71.3 cm³/mol. The second-order valence-electron chi connectivity index (χ2n) is 4.02. The van der Waals surface area contributed by atoms with Gasteiger partial charge in [0.15, 0.2) is 18.9 Å². The Hall–Kier alpha value is -1.54. The summed E-state index contributed by atoms with van der Waals surface area (Å²) in [6, 6.07) is 12.0. The maximum absolute atomic E-state index is 6.06. The molecule has 17 heavy (non-hydrogen) atoms. The lowest BCUT2D eigenvalue weighted by molar-refractivity contribution is -0.694. The zero-order valence-electron chi connectivity index (χ0n) is 9.86. The van der Waals surface area contributed by atoms with E-state index in [1.165, 1.54) is 5.56 Å². The molecule has 3 heteroatoms. The average molecular weight is 248 g/mol. The van der Waals surface area contributed by atoms with Crippen molar-refractivity contribution in [3.05, 3.63) is 59.4 Å². The standard InChI is InChI=1S/C14H16ClN2/c1-12-6-9-17(10-7-12)11-8-16-14-5-3-2-4-13(14)15/h2-7,9-10,16H,8,11H2,1H3/q+1. The molecule has 0 fully saturated rings. The smallest absolute Gasteiger partial charge is 0.169 e. The van der Waals surface area contributed by atoms with Crippen LogP contribution >= 0.6 is 11.6 Å². The molecule has 0 aliphatic heterocycles. The van der Waals surface area contributed by atoms with Gasteiger partial charge in [-0.2, -0.15) is 0 Å². The van der Waals surface area contributed by atoms with E-state index in [9.17, 15) is 0 Å². The van der Waals surface area contributed by atoms with E-state index in [0.717, 1.165) is 23.8 Å². The van der Waals surface area contributed by atoms with Crippen LogP contribution in [0.1, 0.15) is 5.56 Å². The van der Waals surface area contributed by atoms with Crippen LogP contribution in [0.4, 0.5) is 5.69 Å². The van der Waals surface area contributed by atoms with Crippen molar-refractivity contribution in [3.63, 3.8) is 0 Å². The highest BCUT2D eigenvalue weighted by atomic mass is 35.5. The number of nitrogens with zero attached hydrogens (tertiary/aromatic N) is 1. The number of hydrogen-bond acceptors (Lipinski definition) is 1. The fourth-order valence-corrected chi connectivity index (χ4v) is 1.81. The average Bonchev–Trinajstić information content (AvgIpc) is 2.34. The third kappa shape index (κ3) is 3.46. The number of nitrogens with one attached hydrogen (secondary N) is 1. The molecule has 1 aromatic carbocycles. The molecule has 0 radical (unpaired) electrons. The SMILES string of the molecule is Cc1cc[n+](CCNc2ccccc2Cl)cc1. The van der Waals surface area contributed by atoms with Gasteiger partial charge in [-0.25, -0.2) is 4.57 Å². The van der Waals surface area contributed by atoms with Crippen molar-refractivity contribution < 1.29 is 4.57 Å². The van der Waals surface area contributed by atoms with E-state index in [0.29, 0.717) is 0 Å². The molecule has 2 nitrogen and oxygen atoms in total. The third-order valence-electron chi connectivity index (χ3n) is 2.62. The first kappa shape index (κ1) is 11.9. The molecule has 0 bridgehead atoms. The van der Waals surface area contributed by atoms with E-state index in [4.69, 9.17) is 11.6 Å². The highest BCUT2D eigenvalue weighted by molar-refractivity contribution is 6.33. The molecular weight excluding hydrogens is 232 g/mol. The molecule has 1 aromatic heterocycles. The second kappa shape index (κ2) is 5.69. The molecular formula is C14H16ClN2+. The van der Waals surface area contributed by atoms with Gasteiger partial charge >= 0.3 is 0 Å². The van der Waals surface area contributed by atoms with Crippen molar-refractivity contribution in [2.45, 2.75) is 13.5 Å². The van der Waals surface area contributed by atoms with Crippen molar-refractivity contribution in [1.82, 2.24) is 0 Å². The van der Waals surface area contributed by atoms with Gasteiger partial charge < -0.3 is 5.32 Å². The number of halogens is 1. The van der Waals surface area contributed by atoms with Crippen molar-refractivity contribution in [2.24, 2.45) is 0 Å². The Bertz CT molecular complexity index is 480. The highest BCUT2D eigenvalue weighted by Gasteiger charge is 2.01. The molecule has 1 heterocycles. The molecule has 0 spiro atoms. The molecule has 0 aliphatic rings. The van der Waals surface area contributed by atoms with Crippen LogP contribution in [0, 0.1) is 6.92 Å². The fourth-order valence-electron chi connectivity index (χ4n) is 1.61. The minimum absolute atomic E-state index is 0.765. The van der Waals surface area contributed by atoms with E-state index in [1.807, 2.05) is 24.3 Å². The van der Waals surface area contributed by atoms with Gasteiger partial charge in [0.25, 0.3) is 0 Å². The number of rotatable bonds is 4. The van der Waals surface area contributed by atoms with E-state index >= 15 is 0 Å². The summed E-state index contributed by atoms with van der Waals surface area (Å²) in [7, 11) is 0. The number of benzene rings is 1. The van der Waals surface area contributed by atoms with E-state index in [2.05, 4.69) is 41.3 Å². The first-order valence-corrected chi connectivity index (χ1v) is 6.07. The van der Waals surface area contributed by atoms with Gasteiger partial charge in [-0.1, -0.05) is 23.7 Å². The Balaban J connectivity index is 1.88. The Morgan fingerprint density at radius 3 is 2.53 bits per heavy atom. The van der Waals surface area contributed by atoms with Gasteiger partial charge in [-0.3, -0.25) is 0 Å². The molecule has 0 amide bonds. The van der Waals surface area contributed by atoms with Crippen LogP contribution in [0.3, 0.4) is 0 Å². The number of pyridine rings is 1. The zero-order valence-corrected chi connectivity index (χ0v) is 10.6. The van der Waals surface area contributed by atoms with Crippen LogP contribution in [0.15, 0.2) is 48.8 Å². The summed E-state index contributed by atoms with van der Waals surface area (Å²) in [6.45, 7) is 3.87. The van der Waals surface area contributed by atoms with Gasteiger partial charge in [0.05, 0.1) is 17.3 Å². The lowest BCUT2D eigenvalue weighted by atomic mass is 10.3. The molecule has 1 N–H and O–H groups in total. The number of hydrogen-bond donors (Lipinski definition) is 1. The molecule has 0 saturated carbocycles. The van der Waals surface area contributed by atoms with E-state index < -0.39 is 0 Å². The summed E-state index contributed by atoms with van der Waals surface area (Å²) in [5.41, 5.74) is 2.27. The first-order chi connectivity index (χ1) is 8.25. The molecule has 2 aromatic rings. The van der Waals surface area contributed by atoms with Crippen LogP contribution in [-0.4, -0.2) is 6.54 Å². The number of aryl methyl sites for hydroxylation is 1. The molecule has 0 atom stereocenters. The molecule has 88 valence electrons. The van der Waals surface area contributed by atoms with Crippen LogP contribution in [0.2, 0.25) is 5.02 Å².